The van der Waals surface area contributed by atoms with Gasteiger partial charge >= 0.3 is 5.97 Å². The molecule has 0 atom stereocenters. The van der Waals surface area contributed by atoms with Crippen LogP contribution in [0.1, 0.15) is 6.92 Å². The first-order chi connectivity index (χ1) is 4.95. The fraction of sp³-hybridized carbons (Fsp3) is 0.429. The topological polar surface area (TPSA) is 57.6 Å². The Hall–Kier alpha value is -1.32. The van der Waals surface area contributed by atoms with Gasteiger partial charge in [-0.3, -0.25) is 9.59 Å². The zero-order chi connectivity index (χ0) is 9.02. The first-order valence-corrected chi connectivity index (χ1v) is 3.08. The maximum absolute atomic E-state index is 10.6. The van der Waals surface area contributed by atoms with Crippen molar-refractivity contribution in [3.8, 4) is 0 Å². The third kappa shape index (κ3) is 3.40. The number of ketones is 1. The predicted molar refractivity (Wildman–Crippen MR) is 40.1 cm³/mol. The lowest BCUT2D eigenvalue weighted by Gasteiger charge is -2.16. The Morgan fingerprint density at radius 1 is 1.55 bits per heavy atom. The monoisotopic (exact) mass is 157 g/mol. The lowest BCUT2D eigenvalue weighted by molar-refractivity contribution is -0.137. The average Bonchev–Trinajstić information content (AvgIpc) is 1.84. The number of hydrogen-bond acceptors (Lipinski definition) is 3. The fourth-order valence-electron chi connectivity index (χ4n) is 0.567. The van der Waals surface area contributed by atoms with Crippen molar-refractivity contribution < 1.29 is 14.7 Å². The molecule has 11 heavy (non-hydrogen) atoms. The first kappa shape index (κ1) is 9.68. The number of nitrogens with zero attached hydrogens (tertiary/aromatic N) is 1. The Morgan fingerprint density at radius 3 is 2.27 bits per heavy atom. The van der Waals surface area contributed by atoms with E-state index in [1.54, 1.807) is 0 Å². The van der Waals surface area contributed by atoms with Crippen molar-refractivity contribution in [1.82, 2.24) is 4.90 Å². The molecule has 0 rings (SSSR count). The van der Waals surface area contributed by atoms with Gasteiger partial charge in [0.15, 0.2) is 5.78 Å². The second-order valence-electron chi connectivity index (χ2n) is 2.25. The summed E-state index contributed by atoms with van der Waals surface area (Å²) in [4.78, 5) is 22.1. The molecular formula is C7H11NO3. The summed E-state index contributed by atoms with van der Waals surface area (Å²) in [5, 5.41) is 8.32. The number of hydrogen-bond donors (Lipinski definition) is 1. The van der Waals surface area contributed by atoms with Crippen LogP contribution in [0.3, 0.4) is 0 Å². The van der Waals surface area contributed by atoms with Gasteiger partial charge in [0.25, 0.3) is 0 Å². The lowest BCUT2D eigenvalue weighted by atomic mass is 10.3. The van der Waals surface area contributed by atoms with E-state index in [0.29, 0.717) is 0 Å². The van der Waals surface area contributed by atoms with Crippen molar-refractivity contribution >= 4 is 11.8 Å². The van der Waals surface area contributed by atoms with Crippen LogP contribution in [0, 0.1) is 0 Å². The minimum Gasteiger partial charge on any atom is -0.480 e. The highest BCUT2D eigenvalue weighted by Crippen LogP contribution is 1.97. The molecule has 0 bridgehead atoms. The highest BCUT2D eigenvalue weighted by Gasteiger charge is 2.09. The van der Waals surface area contributed by atoms with Gasteiger partial charge in [-0.2, -0.15) is 0 Å². The molecule has 0 spiro atoms. The van der Waals surface area contributed by atoms with Crippen LogP contribution >= 0.6 is 0 Å². The largest absolute Gasteiger partial charge is 0.480 e. The van der Waals surface area contributed by atoms with E-state index in [1.165, 1.54) is 18.9 Å². The number of likely N-dealkylation sites (N-methyl/N-ethyl adjacent to an activating group) is 1. The summed E-state index contributed by atoms with van der Waals surface area (Å²) in [5.41, 5.74) is 0.215. The van der Waals surface area contributed by atoms with Crippen LogP contribution in [0.4, 0.5) is 0 Å². The summed E-state index contributed by atoms with van der Waals surface area (Å²) in [7, 11) is 1.51. The molecule has 0 aromatic carbocycles. The Kier molecular flexibility index (Phi) is 3.30. The lowest BCUT2D eigenvalue weighted by Crippen LogP contribution is -2.27. The first-order valence-electron chi connectivity index (χ1n) is 3.08. The van der Waals surface area contributed by atoms with Crippen molar-refractivity contribution in [1.29, 1.82) is 0 Å². The van der Waals surface area contributed by atoms with E-state index in [1.807, 2.05) is 0 Å². The summed E-state index contributed by atoms with van der Waals surface area (Å²) in [5.74, 6) is -1.19. The second kappa shape index (κ2) is 3.75. The number of rotatable bonds is 4. The van der Waals surface area contributed by atoms with Crippen LogP contribution in [-0.2, 0) is 9.59 Å². The van der Waals surface area contributed by atoms with Crippen LogP contribution in [0.15, 0.2) is 12.3 Å². The van der Waals surface area contributed by atoms with Crippen LogP contribution in [-0.4, -0.2) is 35.4 Å². The summed E-state index contributed by atoms with van der Waals surface area (Å²) >= 11 is 0. The molecule has 0 amide bonds. The van der Waals surface area contributed by atoms with Gasteiger partial charge in [-0.15, -0.1) is 0 Å². The molecule has 0 aromatic rings. The number of aliphatic carboxylic acids is 1. The van der Waals surface area contributed by atoms with Crippen LogP contribution < -0.4 is 0 Å². The van der Waals surface area contributed by atoms with Crippen LogP contribution in [0.5, 0.6) is 0 Å². The van der Waals surface area contributed by atoms with Gasteiger partial charge < -0.3 is 10.0 Å². The Bertz CT molecular complexity index is 198. The van der Waals surface area contributed by atoms with Gasteiger partial charge in [0, 0.05) is 14.0 Å². The molecule has 0 radical (unpaired) electrons. The molecule has 0 saturated heterocycles. The Morgan fingerprint density at radius 2 is 2.00 bits per heavy atom. The van der Waals surface area contributed by atoms with Crippen LogP contribution in [0.2, 0.25) is 0 Å². The zero-order valence-corrected chi connectivity index (χ0v) is 6.63. The third-order valence-electron chi connectivity index (χ3n) is 1.24. The maximum Gasteiger partial charge on any atom is 0.323 e. The summed E-state index contributed by atoms with van der Waals surface area (Å²) in [6.07, 6.45) is 0. The number of carboxylic acids is 1. The predicted octanol–water partition coefficient (Wildman–Crippen LogP) is 0.106. The number of carbonyl (C=O) groups excluding carboxylic acids is 1. The van der Waals surface area contributed by atoms with Gasteiger partial charge in [-0.1, -0.05) is 6.58 Å². The molecule has 0 aliphatic rings. The summed E-state index contributed by atoms with van der Waals surface area (Å²) in [6, 6.07) is 0. The van der Waals surface area contributed by atoms with E-state index in [0.717, 1.165) is 0 Å². The Labute approximate surface area is 65.1 Å². The van der Waals surface area contributed by atoms with E-state index in [4.69, 9.17) is 5.11 Å². The molecule has 62 valence electrons. The fourth-order valence-corrected chi connectivity index (χ4v) is 0.567. The van der Waals surface area contributed by atoms with E-state index >= 15 is 0 Å². The molecule has 0 aliphatic heterocycles. The quantitative estimate of drug-likeness (QED) is 0.588. The third-order valence-corrected chi connectivity index (χ3v) is 1.24. The highest BCUT2D eigenvalue weighted by molar-refractivity contribution is 5.92. The molecular weight excluding hydrogens is 146 g/mol. The van der Waals surface area contributed by atoms with Gasteiger partial charge in [0.1, 0.15) is 6.54 Å². The van der Waals surface area contributed by atoms with E-state index in [2.05, 4.69) is 6.58 Å². The highest BCUT2D eigenvalue weighted by atomic mass is 16.4. The molecule has 1 N–H and O–H groups in total. The normalized spacial score (nSPS) is 8.91. The number of Topliss-reactive ketones (excluding diaryl/α,β-unsaturated/α-hetero) is 1. The molecule has 4 heteroatoms. The van der Waals surface area contributed by atoms with Gasteiger partial charge in [0.2, 0.25) is 0 Å². The van der Waals surface area contributed by atoms with Gasteiger partial charge in [0.05, 0.1) is 5.70 Å². The minimum absolute atomic E-state index is 0.196. The molecule has 0 saturated carbocycles. The summed E-state index contributed by atoms with van der Waals surface area (Å²) < 4.78 is 0. The summed E-state index contributed by atoms with van der Waals surface area (Å²) in [6.45, 7) is 4.57. The van der Waals surface area contributed by atoms with Crippen molar-refractivity contribution in [2.75, 3.05) is 13.6 Å². The van der Waals surface area contributed by atoms with Crippen molar-refractivity contribution in [3.05, 3.63) is 12.3 Å². The van der Waals surface area contributed by atoms with E-state index < -0.39 is 5.97 Å². The van der Waals surface area contributed by atoms with Gasteiger partial charge in [-0.25, -0.2) is 0 Å². The standard InChI is InChI=1S/C7H11NO3/c1-5(6(2)9)8(3)4-7(10)11/h1,4H2,2-3H3,(H,10,11). The molecule has 0 unspecified atom stereocenters. The SMILES string of the molecule is C=C(C(C)=O)N(C)CC(=O)O. The van der Waals surface area contributed by atoms with Crippen molar-refractivity contribution in [3.63, 3.8) is 0 Å². The molecule has 0 fully saturated rings. The average molecular weight is 157 g/mol. The van der Waals surface area contributed by atoms with E-state index in [-0.39, 0.29) is 18.0 Å². The van der Waals surface area contributed by atoms with Crippen molar-refractivity contribution in [2.45, 2.75) is 6.92 Å². The molecule has 4 nitrogen and oxygen atoms in total. The smallest absolute Gasteiger partial charge is 0.323 e. The molecule has 0 aromatic heterocycles. The number of carboxylic acid groups (broad SMARTS) is 1. The van der Waals surface area contributed by atoms with Crippen molar-refractivity contribution in [2.24, 2.45) is 0 Å². The Balaban J connectivity index is 4.03. The van der Waals surface area contributed by atoms with E-state index in [9.17, 15) is 9.59 Å². The molecule has 0 aliphatic carbocycles. The van der Waals surface area contributed by atoms with Crippen LogP contribution in [0.25, 0.3) is 0 Å². The maximum atomic E-state index is 10.6. The zero-order valence-electron chi connectivity index (χ0n) is 6.63. The minimum atomic E-state index is -0.977. The number of allylic oxidation sites excluding steroid dienone is 1. The number of carbonyl (C=O) groups is 2. The molecule has 0 heterocycles. The van der Waals surface area contributed by atoms with Gasteiger partial charge in [-0.05, 0) is 0 Å². The second-order valence-corrected chi connectivity index (χ2v) is 2.25.